The number of phenols is 2. The van der Waals surface area contributed by atoms with Gasteiger partial charge < -0.3 is 15.5 Å². The largest absolute Gasteiger partial charge is 0.508 e. The lowest BCUT2D eigenvalue weighted by Gasteiger charge is -2.31. The molecule has 3 N–H and O–H groups in total. The van der Waals surface area contributed by atoms with Crippen molar-refractivity contribution in [3.63, 3.8) is 0 Å². The second-order valence-electron chi connectivity index (χ2n) is 5.71. The van der Waals surface area contributed by atoms with Gasteiger partial charge in [0.15, 0.2) is 0 Å². The third-order valence-electron chi connectivity index (χ3n) is 4.14. The van der Waals surface area contributed by atoms with E-state index in [0.717, 1.165) is 31.6 Å². The quantitative estimate of drug-likeness (QED) is 0.700. The number of rotatable bonds is 6. The fraction of sp³-hybridized carbons (Fsp3) is 0.625. The molecule has 0 radical (unpaired) electrons. The molecule has 2 unspecified atom stereocenters. The Hall–Kier alpha value is -1.26. The van der Waals surface area contributed by atoms with Gasteiger partial charge in [-0.25, -0.2) is 0 Å². The Balaban J connectivity index is 2.12. The highest BCUT2D eigenvalue weighted by atomic mass is 16.3. The molecule has 4 nitrogen and oxygen atoms in total. The van der Waals surface area contributed by atoms with Gasteiger partial charge in [0, 0.05) is 24.2 Å². The first kappa shape index (κ1) is 15.1. The van der Waals surface area contributed by atoms with Gasteiger partial charge in [-0.15, -0.1) is 0 Å². The summed E-state index contributed by atoms with van der Waals surface area (Å²) in [5.74, 6) is 0.468. The predicted molar refractivity (Wildman–Crippen MR) is 81.1 cm³/mol. The van der Waals surface area contributed by atoms with Crippen LogP contribution in [0.25, 0.3) is 0 Å². The van der Waals surface area contributed by atoms with Crippen molar-refractivity contribution in [3.8, 4) is 11.5 Å². The molecular weight excluding hydrogens is 252 g/mol. The lowest BCUT2D eigenvalue weighted by molar-refractivity contribution is 0.189. The molecule has 2 rings (SSSR count). The van der Waals surface area contributed by atoms with Crippen LogP contribution in [-0.4, -0.2) is 40.8 Å². The summed E-state index contributed by atoms with van der Waals surface area (Å²) in [5.41, 5.74) is 0.802. The molecule has 1 aromatic rings. The number of hydrogen-bond donors (Lipinski definition) is 3. The summed E-state index contributed by atoms with van der Waals surface area (Å²) in [6.07, 6.45) is 3.55. The fourth-order valence-electron chi connectivity index (χ4n) is 3.00. The highest BCUT2D eigenvalue weighted by Crippen LogP contribution is 2.31. The van der Waals surface area contributed by atoms with Gasteiger partial charge in [0.1, 0.15) is 11.5 Å². The molecule has 1 aliphatic rings. The maximum absolute atomic E-state index is 10.0. The van der Waals surface area contributed by atoms with Crippen molar-refractivity contribution in [1.82, 2.24) is 10.2 Å². The molecular formula is C16H26N2O2. The number of nitrogens with one attached hydrogen (secondary N) is 1. The summed E-state index contributed by atoms with van der Waals surface area (Å²) < 4.78 is 0. The van der Waals surface area contributed by atoms with E-state index in [0.29, 0.717) is 6.04 Å². The molecule has 0 bridgehead atoms. The minimum atomic E-state index is 0.101. The number of benzene rings is 1. The molecule has 0 aromatic heterocycles. The van der Waals surface area contributed by atoms with Crippen LogP contribution in [0.1, 0.15) is 44.7 Å². The predicted octanol–water partition coefficient (Wildman–Crippen LogP) is 2.62. The van der Waals surface area contributed by atoms with Crippen LogP contribution in [-0.2, 0) is 0 Å². The van der Waals surface area contributed by atoms with E-state index in [9.17, 15) is 10.2 Å². The van der Waals surface area contributed by atoms with Crippen LogP contribution >= 0.6 is 0 Å². The highest BCUT2D eigenvalue weighted by Gasteiger charge is 2.23. The van der Waals surface area contributed by atoms with Crippen molar-refractivity contribution in [3.05, 3.63) is 23.8 Å². The van der Waals surface area contributed by atoms with E-state index in [1.807, 2.05) is 0 Å². The first-order valence-corrected chi connectivity index (χ1v) is 7.61. The zero-order chi connectivity index (χ0) is 14.5. The molecule has 4 heteroatoms. The third kappa shape index (κ3) is 3.64. The lowest BCUT2D eigenvalue weighted by Crippen LogP contribution is -2.39. The maximum Gasteiger partial charge on any atom is 0.120 e. The van der Waals surface area contributed by atoms with Gasteiger partial charge in [-0.05, 0) is 57.5 Å². The minimum absolute atomic E-state index is 0.101. The van der Waals surface area contributed by atoms with Crippen LogP contribution in [0, 0.1) is 0 Å². The number of aromatic hydroxyl groups is 2. The second-order valence-corrected chi connectivity index (χ2v) is 5.71. The van der Waals surface area contributed by atoms with Gasteiger partial charge >= 0.3 is 0 Å². The summed E-state index contributed by atoms with van der Waals surface area (Å²) in [5, 5.41) is 23.2. The molecule has 0 amide bonds. The van der Waals surface area contributed by atoms with Crippen molar-refractivity contribution in [2.24, 2.45) is 0 Å². The average molecular weight is 278 g/mol. The maximum atomic E-state index is 10.0. The second kappa shape index (κ2) is 6.95. The smallest absolute Gasteiger partial charge is 0.120 e. The van der Waals surface area contributed by atoms with Gasteiger partial charge in [-0.3, -0.25) is 4.90 Å². The summed E-state index contributed by atoms with van der Waals surface area (Å²) in [6.45, 7) is 7.36. The Labute approximate surface area is 121 Å². The average Bonchev–Trinajstić information content (AvgIpc) is 2.93. The minimum Gasteiger partial charge on any atom is -0.508 e. The summed E-state index contributed by atoms with van der Waals surface area (Å²) >= 11 is 0. The van der Waals surface area contributed by atoms with Gasteiger partial charge in [0.05, 0.1) is 0 Å². The normalized spacial score (nSPS) is 20.4. The Morgan fingerprint density at radius 1 is 1.40 bits per heavy atom. The monoisotopic (exact) mass is 278 g/mol. The van der Waals surface area contributed by atoms with Gasteiger partial charge in [0.2, 0.25) is 0 Å². The van der Waals surface area contributed by atoms with E-state index in [1.54, 1.807) is 12.1 Å². The zero-order valence-electron chi connectivity index (χ0n) is 12.5. The molecule has 2 atom stereocenters. The first-order chi connectivity index (χ1) is 9.61. The number of nitrogens with zero attached hydrogens (tertiary/aromatic N) is 1. The topological polar surface area (TPSA) is 55.7 Å². The number of phenolic OH excluding ortho intramolecular Hbond substituents is 2. The highest BCUT2D eigenvalue weighted by molar-refractivity contribution is 5.40. The third-order valence-corrected chi connectivity index (χ3v) is 4.14. The molecule has 1 heterocycles. The molecule has 0 saturated carbocycles. The van der Waals surface area contributed by atoms with E-state index in [4.69, 9.17) is 0 Å². The fourth-order valence-corrected chi connectivity index (χ4v) is 3.00. The van der Waals surface area contributed by atoms with Crippen LogP contribution < -0.4 is 5.32 Å². The van der Waals surface area contributed by atoms with Crippen LogP contribution in [0.4, 0.5) is 0 Å². The standard InChI is InChI=1S/C16H26N2O2/c1-3-9-18(11-13-5-4-8-17-13)12(2)15-10-14(19)6-7-16(15)20/h6-7,10,12-13,17,19-20H,3-5,8-9,11H2,1-2H3. The molecule has 1 aliphatic heterocycles. The van der Waals surface area contributed by atoms with E-state index in [-0.39, 0.29) is 17.5 Å². The van der Waals surface area contributed by atoms with Gasteiger partial charge in [-0.1, -0.05) is 6.92 Å². The van der Waals surface area contributed by atoms with Crippen LogP contribution in [0.3, 0.4) is 0 Å². The van der Waals surface area contributed by atoms with Crippen molar-refractivity contribution < 1.29 is 10.2 Å². The van der Waals surface area contributed by atoms with Crippen molar-refractivity contribution in [1.29, 1.82) is 0 Å². The molecule has 1 fully saturated rings. The van der Waals surface area contributed by atoms with Crippen molar-refractivity contribution in [2.75, 3.05) is 19.6 Å². The van der Waals surface area contributed by atoms with E-state index < -0.39 is 0 Å². The summed E-state index contributed by atoms with van der Waals surface area (Å²) in [7, 11) is 0. The molecule has 1 aromatic carbocycles. The lowest BCUT2D eigenvalue weighted by atomic mass is 10.0. The Morgan fingerprint density at radius 2 is 2.20 bits per heavy atom. The van der Waals surface area contributed by atoms with Crippen molar-refractivity contribution in [2.45, 2.75) is 45.2 Å². The zero-order valence-corrected chi connectivity index (χ0v) is 12.5. The van der Waals surface area contributed by atoms with Crippen LogP contribution in [0.2, 0.25) is 0 Å². The van der Waals surface area contributed by atoms with Gasteiger partial charge in [0.25, 0.3) is 0 Å². The van der Waals surface area contributed by atoms with Crippen LogP contribution in [0.5, 0.6) is 11.5 Å². The SMILES string of the molecule is CCCN(CC1CCCN1)C(C)c1cc(O)ccc1O. The van der Waals surface area contributed by atoms with E-state index >= 15 is 0 Å². The molecule has 20 heavy (non-hydrogen) atoms. The Bertz CT molecular complexity index is 430. The molecule has 112 valence electrons. The van der Waals surface area contributed by atoms with Gasteiger partial charge in [-0.2, -0.15) is 0 Å². The Kier molecular flexibility index (Phi) is 5.26. The molecule has 0 aliphatic carbocycles. The molecule has 1 saturated heterocycles. The Morgan fingerprint density at radius 3 is 2.85 bits per heavy atom. The summed E-state index contributed by atoms with van der Waals surface area (Å²) in [4.78, 5) is 2.39. The summed E-state index contributed by atoms with van der Waals surface area (Å²) in [6, 6.07) is 5.41. The number of hydrogen-bond acceptors (Lipinski definition) is 4. The van der Waals surface area contributed by atoms with E-state index in [2.05, 4.69) is 24.1 Å². The van der Waals surface area contributed by atoms with E-state index in [1.165, 1.54) is 18.9 Å². The van der Waals surface area contributed by atoms with Crippen molar-refractivity contribution >= 4 is 0 Å². The van der Waals surface area contributed by atoms with Crippen LogP contribution in [0.15, 0.2) is 18.2 Å². The molecule has 0 spiro atoms. The first-order valence-electron chi connectivity index (χ1n) is 7.61.